The van der Waals surface area contributed by atoms with Crippen LogP contribution in [0.5, 0.6) is 0 Å². The third-order valence-electron chi connectivity index (χ3n) is 6.82. The molecule has 0 aliphatic carbocycles. The minimum atomic E-state index is -1.22. The number of hydrogen-bond donors (Lipinski definition) is 5. The molecule has 2 aromatic carbocycles. The standard InChI is InChI=1S/C27H27FN2O7/c1-27(2)17(10-19(37-27)22-16-8-7-15(28)9-18(16)30-26(22)35)13-3-5-14(6-4-13)25(34)29-11-20-23(32)24(33)21(12-31)36-20/h3-10,20-21,23-24,31-33H,11-12H2,1-2H3,(H,29,34)(H,30,35)/b22-19+/t20-,21-,23-,24-/m1/s1. The number of carbonyl (C=O) groups is 2. The molecule has 0 aromatic heterocycles. The molecular formula is C27H27FN2O7. The monoisotopic (exact) mass is 510 g/mol. The average molecular weight is 511 g/mol. The quantitative estimate of drug-likeness (QED) is 0.385. The number of nitrogens with one attached hydrogen (secondary N) is 2. The lowest BCUT2D eigenvalue weighted by molar-refractivity contribution is -0.111. The first-order valence-corrected chi connectivity index (χ1v) is 11.9. The number of allylic oxidation sites excluding steroid dienone is 1. The lowest BCUT2D eigenvalue weighted by atomic mass is 9.91. The van der Waals surface area contributed by atoms with E-state index in [0.29, 0.717) is 28.1 Å². The van der Waals surface area contributed by atoms with Crippen LogP contribution in [0.2, 0.25) is 0 Å². The number of rotatable bonds is 5. The van der Waals surface area contributed by atoms with Crippen LogP contribution in [-0.4, -0.2) is 70.3 Å². The Morgan fingerprint density at radius 3 is 2.49 bits per heavy atom. The Kier molecular flexibility index (Phi) is 6.36. The molecule has 3 aliphatic heterocycles. The predicted molar refractivity (Wildman–Crippen MR) is 132 cm³/mol. The SMILES string of the molecule is CC1(C)O/C(=C2/C(=O)Nc3cc(F)ccc32)C=C1c1ccc(C(=O)NC[C@H]2O[C@H](CO)[C@@H](O)[C@@H]2O)cc1. The summed E-state index contributed by atoms with van der Waals surface area (Å²) in [4.78, 5) is 25.3. The van der Waals surface area contributed by atoms with Crippen molar-refractivity contribution in [3.8, 4) is 0 Å². The maximum Gasteiger partial charge on any atom is 0.260 e. The minimum absolute atomic E-state index is 0.0360. The van der Waals surface area contributed by atoms with Crippen LogP contribution < -0.4 is 10.6 Å². The van der Waals surface area contributed by atoms with Gasteiger partial charge in [-0.3, -0.25) is 9.59 Å². The zero-order valence-electron chi connectivity index (χ0n) is 20.2. The zero-order valence-corrected chi connectivity index (χ0v) is 20.2. The highest BCUT2D eigenvalue weighted by atomic mass is 19.1. The van der Waals surface area contributed by atoms with Crippen molar-refractivity contribution in [1.82, 2.24) is 5.32 Å². The van der Waals surface area contributed by atoms with Gasteiger partial charge in [-0.15, -0.1) is 0 Å². The maximum atomic E-state index is 13.6. The number of aliphatic hydroxyl groups excluding tert-OH is 3. The molecule has 1 fully saturated rings. The van der Waals surface area contributed by atoms with Gasteiger partial charge >= 0.3 is 0 Å². The van der Waals surface area contributed by atoms with Gasteiger partial charge in [-0.05, 0) is 55.8 Å². The van der Waals surface area contributed by atoms with Gasteiger partial charge in [0, 0.05) is 23.2 Å². The number of fused-ring (bicyclic) bond motifs is 1. The van der Waals surface area contributed by atoms with Gasteiger partial charge in [0.2, 0.25) is 0 Å². The van der Waals surface area contributed by atoms with E-state index in [1.54, 1.807) is 36.4 Å². The number of amides is 2. The highest BCUT2D eigenvalue weighted by Gasteiger charge is 2.42. The number of hydrogen-bond acceptors (Lipinski definition) is 7. The van der Waals surface area contributed by atoms with Crippen LogP contribution >= 0.6 is 0 Å². The van der Waals surface area contributed by atoms with Crippen LogP contribution in [0.25, 0.3) is 11.1 Å². The van der Waals surface area contributed by atoms with Crippen molar-refractivity contribution in [2.75, 3.05) is 18.5 Å². The summed E-state index contributed by atoms with van der Waals surface area (Å²) in [5.74, 6) is -0.833. The third-order valence-corrected chi connectivity index (χ3v) is 6.82. The lowest BCUT2D eigenvalue weighted by Gasteiger charge is -2.23. The molecule has 0 bridgehead atoms. The first-order valence-electron chi connectivity index (χ1n) is 11.9. The molecule has 5 N–H and O–H groups in total. The van der Waals surface area contributed by atoms with Gasteiger partial charge in [0.25, 0.3) is 11.8 Å². The second-order valence-corrected chi connectivity index (χ2v) is 9.72. The maximum absolute atomic E-state index is 13.6. The van der Waals surface area contributed by atoms with E-state index in [0.717, 1.165) is 11.1 Å². The van der Waals surface area contributed by atoms with Gasteiger partial charge in [0.15, 0.2) is 0 Å². The van der Waals surface area contributed by atoms with Gasteiger partial charge in [-0.2, -0.15) is 0 Å². The molecule has 1 saturated heterocycles. The van der Waals surface area contributed by atoms with Gasteiger partial charge in [-0.25, -0.2) is 4.39 Å². The molecule has 0 unspecified atom stereocenters. The molecule has 3 aliphatic rings. The van der Waals surface area contributed by atoms with E-state index in [-0.39, 0.29) is 12.5 Å². The summed E-state index contributed by atoms with van der Waals surface area (Å²) in [5, 5.41) is 34.4. The number of ether oxygens (including phenoxy) is 2. The number of aliphatic hydroxyl groups is 3. The molecule has 2 amide bonds. The number of anilines is 1. The summed E-state index contributed by atoms with van der Waals surface area (Å²) in [5.41, 5.74) is 2.49. The molecule has 0 spiro atoms. The third kappa shape index (κ3) is 4.53. The molecule has 3 heterocycles. The molecule has 37 heavy (non-hydrogen) atoms. The van der Waals surface area contributed by atoms with Crippen LogP contribution in [0.4, 0.5) is 10.1 Å². The summed E-state index contributed by atoms with van der Waals surface area (Å²) >= 11 is 0. The zero-order chi connectivity index (χ0) is 26.5. The van der Waals surface area contributed by atoms with Crippen molar-refractivity contribution in [2.24, 2.45) is 0 Å². The second-order valence-electron chi connectivity index (χ2n) is 9.72. The van der Waals surface area contributed by atoms with Crippen molar-refractivity contribution in [3.63, 3.8) is 0 Å². The Bertz CT molecular complexity index is 1320. The van der Waals surface area contributed by atoms with Crippen molar-refractivity contribution in [2.45, 2.75) is 43.9 Å². The summed E-state index contributed by atoms with van der Waals surface area (Å²) < 4.78 is 25.1. The Morgan fingerprint density at radius 1 is 1.11 bits per heavy atom. The van der Waals surface area contributed by atoms with Gasteiger partial charge in [-0.1, -0.05) is 12.1 Å². The van der Waals surface area contributed by atoms with Crippen molar-refractivity contribution < 1.29 is 38.8 Å². The molecule has 10 heteroatoms. The van der Waals surface area contributed by atoms with Crippen LogP contribution in [0, 0.1) is 5.82 Å². The number of carbonyl (C=O) groups excluding carboxylic acids is 2. The molecule has 2 aromatic rings. The van der Waals surface area contributed by atoms with E-state index < -0.39 is 48.3 Å². The highest BCUT2D eigenvalue weighted by Crippen LogP contribution is 2.44. The smallest absolute Gasteiger partial charge is 0.260 e. The van der Waals surface area contributed by atoms with E-state index in [4.69, 9.17) is 9.47 Å². The second kappa shape index (κ2) is 9.38. The fourth-order valence-corrected chi connectivity index (χ4v) is 4.85. The van der Waals surface area contributed by atoms with Crippen LogP contribution in [0.15, 0.2) is 54.3 Å². The summed E-state index contributed by atoms with van der Waals surface area (Å²) in [7, 11) is 0. The number of benzene rings is 2. The fraction of sp³-hybridized carbons (Fsp3) is 0.333. The van der Waals surface area contributed by atoms with E-state index in [2.05, 4.69) is 10.6 Å². The largest absolute Gasteiger partial charge is 0.482 e. The summed E-state index contributed by atoms with van der Waals surface area (Å²) in [6, 6.07) is 10.9. The molecule has 4 atom stereocenters. The van der Waals surface area contributed by atoms with Crippen LogP contribution in [0.1, 0.15) is 35.3 Å². The van der Waals surface area contributed by atoms with E-state index in [9.17, 15) is 29.3 Å². The molecule has 9 nitrogen and oxygen atoms in total. The minimum Gasteiger partial charge on any atom is -0.482 e. The van der Waals surface area contributed by atoms with E-state index >= 15 is 0 Å². The van der Waals surface area contributed by atoms with Gasteiger partial charge in [0.05, 0.1) is 17.9 Å². The molecule has 5 rings (SSSR count). The molecule has 0 saturated carbocycles. The summed E-state index contributed by atoms with van der Waals surface area (Å²) in [6.45, 7) is 3.26. The Balaban J connectivity index is 1.33. The Morgan fingerprint density at radius 2 is 1.81 bits per heavy atom. The normalized spacial score (nSPS) is 27.9. The lowest BCUT2D eigenvalue weighted by Crippen LogP contribution is -2.40. The predicted octanol–water partition coefficient (Wildman–Crippen LogP) is 1.59. The summed E-state index contributed by atoms with van der Waals surface area (Å²) in [6.07, 6.45) is -2.39. The topological polar surface area (TPSA) is 137 Å². The van der Waals surface area contributed by atoms with Crippen LogP contribution in [-0.2, 0) is 14.3 Å². The van der Waals surface area contributed by atoms with Crippen LogP contribution in [0.3, 0.4) is 0 Å². The van der Waals surface area contributed by atoms with Gasteiger partial charge in [0.1, 0.15) is 41.6 Å². The Labute approximate surface area is 212 Å². The van der Waals surface area contributed by atoms with Crippen molar-refractivity contribution in [1.29, 1.82) is 0 Å². The molecule has 0 radical (unpaired) electrons. The average Bonchev–Trinajstić information content (AvgIpc) is 3.46. The van der Waals surface area contributed by atoms with E-state index in [1.165, 1.54) is 12.1 Å². The fourth-order valence-electron chi connectivity index (χ4n) is 4.85. The first kappa shape index (κ1) is 25.1. The molecular weight excluding hydrogens is 483 g/mol. The van der Waals surface area contributed by atoms with Crippen molar-refractivity contribution >= 4 is 28.6 Å². The van der Waals surface area contributed by atoms with E-state index in [1.807, 2.05) is 13.8 Å². The Hall–Kier alpha value is -3.57. The highest BCUT2D eigenvalue weighted by molar-refractivity contribution is 6.32. The van der Waals surface area contributed by atoms with Crippen molar-refractivity contribution in [3.05, 3.63) is 76.8 Å². The molecule has 194 valence electrons. The first-order chi connectivity index (χ1) is 17.6. The van der Waals surface area contributed by atoms with Gasteiger partial charge < -0.3 is 35.4 Å². The number of halogens is 1.